The fraction of sp³-hybridized carbons (Fsp3) is 0.333. The van der Waals surface area contributed by atoms with Gasteiger partial charge in [-0.05, 0) is 12.1 Å². The summed E-state index contributed by atoms with van der Waals surface area (Å²) in [5.74, 6) is -1.79. The lowest BCUT2D eigenvalue weighted by atomic mass is 10.2. The van der Waals surface area contributed by atoms with Gasteiger partial charge in [0.15, 0.2) is 10.0 Å². The number of amides is 2. The molecule has 220 valence electrons. The number of halogens is 2. The highest BCUT2D eigenvalue weighted by Gasteiger charge is 2.22. The Morgan fingerprint density at radius 1 is 0.850 bits per heavy atom. The van der Waals surface area contributed by atoms with Crippen LogP contribution in [-0.4, -0.2) is 67.9 Å². The first kappa shape index (κ1) is 34.3. The largest absolute Gasteiger partial charge is 0.492 e. The highest BCUT2D eigenvalue weighted by atomic mass is 35.5. The first-order valence-corrected chi connectivity index (χ1v) is 13.4. The summed E-state index contributed by atoms with van der Waals surface area (Å²) in [6, 6.07) is 4.35. The van der Waals surface area contributed by atoms with E-state index in [2.05, 4.69) is 4.18 Å². The molecule has 2 rings (SSSR count). The van der Waals surface area contributed by atoms with Gasteiger partial charge in [0.2, 0.25) is 11.8 Å². The average Bonchev–Trinajstić information content (AvgIpc) is 2.84. The number of nitrogens with zero attached hydrogens (tertiary/aromatic N) is 2. The van der Waals surface area contributed by atoms with E-state index < -0.39 is 43.2 Å². The zero-order chi connectivity index (χ0) is 30.6. The van der Waals surface area contributed by atoms with Crippen molar-refractivity contribution in [1.29, 1.82) is 0 Å². The Kier molecular flexibility index (Phi) is 13.5. The van der Waals surface area contributed by atoms with Crippen molar-refractivity contribution in [3.8, 4) is 11.5 Å². The molecule has 2 aromatic carbocycles. The van der Waals surface area contributed by atoms with E-state index in [9.17, 15) is 38.2 Å². The predicted octanol–water partition coefficient (Wildman–Crippen LogP) is 2.20. The maximum Gasteiger partial charge on any atom is 0.292 e. The van der Waals surface area contributed by atoms with E-state index in [0.29, 0.717) is 6.42 Å². The maximum atomic E-state index is 11.1. The summed E-state index contributed by atoms with van der Waals surface area (Å²) >= 11 is 11.6. The van der Waals surface area contributed by atoms with Crippen molar-refractivity contribution in [2.75, 3.05) is 32.7 Å². The molecular weight excluding hydrogens is 603 g/mol. The van der Waals surface area contributed by atoms with Crippen molar-refractivity contribution in [3.05, 3.63) is 65.7 Å². The SMILES string of the molecule is CS(=O)(=O)OCCCOc1cc(C(N)=O)cc([N+](=O)[O-])c1Cl.NC(=O)c1cc(OCCCO)c(Cl)c([N+](=O)[O-])c1. The molecule has 19 heteroatoms. The van der Waals surface area contributed by atoms with Gasteiger partial charge >= 0.3 is 0 Å². The molecule has 0 radical (unpaired) electrons. The monoisotopic (exact) mass is 626 g/mol. The van der Waals surface area contributed by atoms with Crippen LogP contribution in [0.4, 0.5) is 11.4 Å². The zero-order valence-electron chi connectivity index (χ0n) is 20.7. The summed E-state index contributed by atoms with van der Waals surface area (Å²) < 4.78 is 36.4. The van der Waals surface area contributed by atoms with E-state index in [4.69, 9.17) is 49.2 Å². The smallest absolute Gasteiger partial charge is 0.292 e. The van der Waals surface area contributed by atoms with E-state index in [1.165, 1.54) is 12.1 Å². The second-order valence-electron chi connectivity index (χ2n) is 7.51. The number of primary amides is 2. The van der Waals surface area contributed by atoms with Crippen LogP contribution in [0.3, 0.4) is 0 Å². The molecule has 2 aromatic rings. The Morgan fingerprint density at radius 2 is 1.25 bits per heavy atom. The highest BCUT2D eigenvalue weighted by molar-refractivity contribution is 7.85. The molecule has 0 atom stereocenters. The molecule has 40 heavy (non-hydrogen) atoms. The van der Waals surface area contributed by atoms with Gasteiger partial charge in [0, 0.05) is 42.7 Å². The topological polar surface area (TPSA) is 255 Å². The molecule has 0 aliphatic heterocycles. The quantitative estimate of drug-likeness (QED) is 0.118. The van der Waals surface area contributed by atoms with Crippen LogP contribution in [0.2, 0.25) is 10.0 Å². The molecule has 16 nitrogen and oxygen atoms in total. The van der Waals surface area contributed by atoms with Gasteiger partial charge in [0.1, 0.15) is 11.5 Å². The molecule has 5 N–H and O–H groups in total. The number of rotatable bonds is 14. The molecule has 0 heterocycles. The Bertz CT molecular complexity index is 1370. The van der Waals surface area contributed by atoms with Crippen molar-refractivity contribution in [3.63, 3.8) is 0 Å². The second-order valence-corrected chi connectivity index (χ2v) is 9.91. The van der Waals surface area contributed by atoms with Crippen molar-refractivity contribution in [1.82, 2.24) is 0 Å². The number of benzene rings is 2. The van der Waals surface area contributed by atoms with Gasteiger partial charge in [0.25, 0.3) is 21.5 Å². The van der Waals surface area contributed by atoms with Gasteiger partial charge < -0.3 is 26.0 Å². The summed E-state index contributed by atoms with van der Waals surface area (Å²) in [7, 11) is -3.55. The molecular formula is C21H24Cl2N4O12S. The van der Waals surface area contributed by atoms with Gasteiger partial charge in [-0.1, -0.05) is 23.2 Å². The standard InChI is InChI=1S/C11H13ClN2O7S.C10H11ClN2O5/c1-22(18,19)21-4-2-3-20-9-6-7(11(13)15)5-8(10(9)12)14(16)17;11-9-7(13(16)17)4-6(10(12)15)5-8(9)18-3-1-2-14/h5-6H,2-4H2,1H3,(H2,13,15);4-5,14H,1-3H2,(H2,12,15). The van der Waals surface area contributed by atoms with Crippen LogP contribution in [-0.2, 0) is 14.3 Å². The lowest BCUT2D eigenvalue weighted by Gasteiger charge is -2.09. The second kappa shape index (κ2) is 15.7. The predicted molar refractivity (Wildman–Crippen MR) is 141 cm³/mol. The molecule has 0 unspecified atom stereocenters. The summed E-state index contributed by atoms with van der Waals surface area (Å²) in [4.78, 5) is 42.3. The Labute approximate surface area is 237 Å². The summed E-state index contributed by atoms with van der Waals surface area (Å²) in [5.41, 5.74) is 8.98. The van der Waals surface area contributed by atoms with E-state index >= 15 is 0 Å². The van der Waals surface area contributed by atoms with Gasteiger partial charge in [0.05, 0.1) is 35.9 Å². The van der Waals surface area contributed by atoms with Crippen molar-refractivity contribution in [2.24, 2.45) is 11.5 Å². The van der Waals surface area contributed by atoms with Gasteiger partial charge in [-0.2, -0.15) is 8.42 Å². The number of nitro benzene ring substituents is 2. The Balaban J connectivity index is 0.000000408. The van der Waals surface area contributed by atoms with Crippen molar-refractivity contribution >= 4 is 56.5 Å². The van der Waals surface area contributed by atoms with Crippen molar-refractivity contribution < 1.29 is 46.6 Å². The number of aliphatic hydroxyl groups excluding tert-OH is 1. The molecule has 0 saturated carbocycles. The number of nitro groups is 2. The molecule has 2 amide bonds. The first-order chi connectivity index (χ1) is 18.6. The zero-order valence-corrected chi connectivity index (χ0v) is 23.0. The number of nitrogens with two attached hydrogens (primary N) is 2. The van der Waals surface area contributed by atoms with Crippen LogP contribution in [0, 0.1) is 20.2 Å². The minimum absolute atomic E-state index is 0.00637. The molecule has 0 spiro atoms. The fourth-order valence-corrected chi connectivity index (χ4v) is 3.51. The number of carbonyl (C=O) groups is 2. The molecule has 0 fully saturated rings. The summed E-state index contributed by atoms with van der Waals surface area (Å²) in [6.07, 6.45) is 1.44. The van der Waals surface area contributed by atoms with Crippen LogP contribution in [0.25, 0.3) is 0 Å². The third kappa shape index (κ3) is 11.1. The van der Waals surface area contributed by atoms with Crippen LogP contribution >= 0.6 is 23.2 Å². The maximum absolute atomic E-state index is 11.1. The number of hydrogen-bond acceptors (Lipinski definition) is 12. The molecule has 0 aliphatic carbocycles. The van der Waals surface area contributed by atoms with E-state index in [0.717, 1.165) is 18.4 Å². The van der Waals surface area contributed by atoms with Gasteiger partial charge in [-0.3, -0.25) is 34.0 Å². The van der Waals surface area contributed by atoms with E-state index in [1.54, 1.807) is 0 Å². The highest BCUT2D eigenvalue weighted by Crippen LogP contribution is 2.36. The minimum atomic E-state index is -3.55. The van der Waals surface area contributed by atoms with Crippen LogP contribution < -0.4 is 20.9 Å². The minimum Gasteiger partial charge on any atom is -0.492 e. The Morgan fingerprint density at radius 3 is 1.57 bits per heavy atom. The number of ether oxygens (including phenoxy) is 2. The normalized spacial score (nSPS) is 10.7. The van der Waals surface area contributed by atoms with Gasteiger partial charge in [-0.25, -0.2) is 0 Å². The lowest BCUT2D eigenvalue weighted by molar-refractivity contribution is -0.384. The van der Waals surface area contributed by atoms with Crippen LogP contribution in [0.15, 0.2) is 24.3 Å². The fourth-order valence-electron chi connectivity index (χ4n) is 2.62. The molecule has 0 saturated heterocycles. The van der Waals surface area contributed by atoms with E-state index in [1.807, 2.05) is 0 Å². The number of hydrogen-bond donors (Lipinski definition) is 3. The first-order valence-electron chi connectivity index (χ1n) is 10.8. The molecule has 0 bridgehead atoms. The average molecular weight is 627 g/mol. The summed E-state index contributed by atoms with van der Waals surface area (Å²) in [6.45, 7) is -0.104. The van der Waals surface area contributed by atoms with Gasteiger partial charge in [-0.15, -0.1) is 0 Å². The third-order valence-electron chi connectivity index (χ3n) is 4.41. The summed E-state index contributed by atoms with van der Waals surface area (Å²) in [5, 5.41) is 29.7. The third-order valence-corrected chi connectivity index (χ3v) is 5.76. The molecule has 0 aromatic heterocycles. The van der Waals surface area contributed by atoms with Crippen LogP contribution in [0.5, 0.6) is 11.5 Å². The van der Waals surface area contributed by atoms with Crippen molar-refractivity contribution in [2.45, 2.75) is 12.8 Å². The van der Waals surface area contributed by atoms with E-state index in [-0.39, 0.29) is 65.5 Å². The molecule has 0 aliphatic rings. The lowest BCUT2D eigenvalue weighted by Crippen LogP contribution is -2.12. The number of aliphatic hydroxyl groups is 1. The van der Waals surface area contributed by atoms with Crippen LogP contribution in [0.1, 0.15) is 33.6 Å². The number of carbonyl (C=O) groups excluding carboxylic acids is 2. The Hall–Kier alpha value is -3.77.